The Kier molecular flexibility index (Phi) is 3.47. The number of hydrogen-bond acceptors (Lipinski definition) is 2. The lowest BCUT2D eigenvalue weighted by Crippen LogP contribution is -2.14. The smallest absolute Gasteiger partial charge is 0.125 e. The maximum atomic E-state index is 13.0. The zero-order valence-corrected chi connectivity index (χ0v) is 8.34. The molecule has 0 fully saturated rings. The highest BCUT2D eigenvalue weighted by Gasteiger charge is 2.02. The number of nitriles is 1. The maximum absolute atomic E-state index is 13.0. The highest BCUT2D eigenvalue weighted by atomic mass is 19.1. The fourth-order valence-electron chi connectivity index (χ4n) is 1.29. The Morgan fingerprint density at radius 3 is 2.79 bits per heavy atom. The molecule has 2 nitrogen and oxygen atoms in total. The summed E-state index contributed by atoms with van der Waals surface area (Å²) in [6, 6.07) is 6.87. The second-order valence-electron chi connectivity index (χ2n) is 3.42. The molecular formula is C11H13FN2. The van der Waals surface area contributed by atoms with E-state index in [1.54, 1.807) is 0 Å². The third-order valence-corrected chi connectivity index (χ3v) is 1.85. The molecule has 0 saturated carbocycles. The summed E-state index contributed by atoms with van der Waals surface area (Å²) < 4.78 is 13.0. The first-order chi connectivity index (χ1) is 6.61. The molecule has 0 aliphatic carbocycles. The second kappa shape index (κ2) is 4.61. The lowest BCUT2D eigenvalue weighted by Gasteiger charge is -2.12. The van der Waals surface area contributed by atoms with E-state index in [0.717, 1.165) is 11.3 Å². The molecule has 1 atom stereocenters. The van der Waals surface area contributed by atoms with E-state index in [0.29, 0.717) is 6.42 Å². The zero-order valence-electron chi connectivity index (χ0n) is 8.34. The number of nitrogens with one attached hydrogen (secondary N) is 1. The fraction of sp³-hybridized carbons (Fsp3) is 0.364. The van der Waals surface area contributed by atoms with Gasteiger partial charge in [0.1, 0.15) is 5.82 Å². The van der Waals surface area contributed by atoms with Gasteiger partial charge in [-0.15, -0.1) is 0 Å². The van der Waals surface area contributed by atoms with Crippen LogP contribution in [0.15, 0.2) is 18.2 Å². The molecular weight excluding hydrogens is 179 g/mol. The SMILES string of the molecule is Cc1cc(F)cc(NC(C)CC#N)c1. The molecule has 1 unspecified atom stereocenters. The molecule has 14 heavy (non-hydrogen) atoms. The largest absolute Gasteiger partial charge is 0.381 e. The van der Waals surface area contributed by atoms with Gasteiger partial charge in [-0.3, -0.25) is 0 Å². The van der Waals surface area contributed by atoms with Crippen LogP contribution in [0.1, 0.15) is 18.9 Å². The summed E-state index contributed by atoms with van der Waals surface area (Å²) in [6.45, 7) is 3.73. The van der Waals surface area contributed by atoms with Crippen LogP contribution in [-0.2, 0) is 0 Å². The molecule has 0 heterocycles. The standard InChI is InChI=1S/C11H13FN2/c1-8-5-10(12)7-11(6-8)14-9(2)3-4-13/h5-7,9,14H,3H2,1-2H3. The Balaban J connectivity index is 2.72. The van der Waals surface area contributed by atoms with Gasteiger partial charge in [-0.2, -0.15) is 5.26 Å². The van der Waals surface area contributed by atoms with Crippen LogP contribution in [0, 0.1) is 24.1 Å². The highest BCUT2D eigenvalue weighted by molar-refractivity contribution is 5.46. The molecule has 0 saturated heterocycles. The van der Waals surface area contributed by atoms with Gasteiger partial charge >= 0.3 is 0 Å². The van der Waals surface area contributed by atoms with Gasteiger partial charge in [0.05, 0.1) is 12.5 Å². The summed E-state index contributed by atoms with van der Waals surface area (Å²) in [4.78, 5) is 0. The van der Waals surface area contributed by atoms with E-state index in [9.17, 15) is 4.39 Å². The predicted octanol–water partition coefficient (Wildman–Crippen LogP) is 2.85. The molecule has 0 radical (unpaired) electrons. The Bertz CT molecular complexity index is 335. The average Bonchev–Trinajstić information content (AvgIpc) is 2.01. The van der Waals surface area contributed by atoms with Crippen LogP contribution in [0.3, 0.4) is 0 Å². The summed E-state index contributed by atoms with van der Waals surface area (Å²) in [5.41, 5.74) is 1.60. The van der Waals surface area contributed by atoms with Crippen molar-refractivity contribution in [2.75, 3.05) is 5.32 Å². The summed E-state index contributed by atoms with van der Waals surface area (Å²) in [7, 11) is 0. The van der Waals surface area contributed by atoms with Gasteiger partial charge < -0.3 is 5.32 Å². The van der Waals surface area contributed by atoms with Crippen molar-refractivity contribution in [2.45, 2.75) is 26.3 Å². The van der Waals surface area contributed by atoms with Gasteiger partial charge in [0.15, 0.2) is 0 Å². The molecule has 74 valence electrons. The maximum Gasteiger partial charge on any atom is 0.125 e. The Hall–Kier alpha value is -1.56. The minimum absolute atomic E-state index is 0.0428. The van der Waals surface area contributed by atoms with Gasteiger partial charge in [-0.1, -0.05) is 0 Å². The van der Waals surface area contributed by atoms with Crippen LogP contribution in [0.25, 0.3) is 0 Å². The first-order valence-electron chi connectivity index (χ1n) is 4.52. The average molecular weight is 192 g/mol. The number of benzene rings is 1. The van der Waals surface area contributed by atoms with Crippen LogP contribution in [0.2, 0.25) is 0 Å². The minimum atomic E-state index is -0.253. The van der Waals surface area contributed by atoms with Crippen molar-refractivity contribution in [3.05, 3.63) is 29.6 Å². The first-order valence-corrected chi connectivity index (χ1v) is 4.52. The van der Waals surface area contributed by atoms with E-state index in [2.05, 4.69) is 11.4 Å². The van der Waals surface area contributed by atoms with Crippen molar-refractivity contribution in [3.8, 4) is 6.07 Å². The van der Waals surface area contributed by atoms with Crippen LogP contribution in [-0.4, -0.2) is 6.04 Å². The summed E-state index contributed by atoms with van der Waals surface area (Å²) in [5.74, 6) is -0.253. The van der Waals surface area contributed by atoms with E-state index in [4.69, 9.17) is 5.26 Å². The molecule has 0 aliphatic rings. The molecule has 0 spiro atoms. The van der Waals surface area contributed by atoms with Crippen molar-refractivity contribution in [2.24, 2.45) is 0 Å². The second-order valence-corrected chi connectivity index (χ2v) is 3.42. The van der Waals surface area contributed by atoms with E-state index >= 15 is 0 Å². The van der Waals surface area contributed by atoms with Crippen molar-refractivity contribution < 1.29 is 4.39 Å². The van der Waals surface area contributed by atoms with Crippen LogP contribution in [0.4, 0.5) is 10.1 Å². The van der Waals surface area contributed by atoms with Crippen molar-refractivity contribution in [1.82, 2.24) is 0 Å². The number of halogens is 1. The number of aryl methyl sites for hydroxylation is 1. The third-order valence-electron chi connectivity index (χ3n) is 1.85. The summed E-state index contributed by atoms with van der Waals surface area (Å²) in [6.07, 6.45) is 0.412. The number of hydrogen-bond donors (Lipinski definition) is 1. The van der Waals surface area contributed by atoms with Gasteiger partial charge in [-0.25, -0.2) is 4.39 Å². The lowest BCUT2D eigenvalue weighted by molar-refractivity contribution is 0.626. The molecule has 3 heteroatoms. The quantitative estimate of drug-likeness (QED) is 0.799. The number of nitrogens with zero attached hydrogens (tertiary/aromatic N) is 1. The predicted molar refractivity (Wildman–Crippen MR) is 54.5 cm³/mol. The van der Waals surface area contributed by atoms with Crippen LogP contribution < -0.4 is 5.32 Å². The van der Waals surface area contributed by atoms with Crippen LogP contribution >= 0.6 is 0 Å². The highest BCUT2D eigenvalue weighted by Crippen LogP contribution is 2.14. The molecule has 0 bridgehead atoms. The lowest BCUT2D eigenvalue weighted by atomic mass is 10.2. The Morgan fingerprint density at radius 1 is 1.50 bits per heavy atom. The van der Waals surface area contributed by atoms with Crippen LogP contribution in [0.5, 0.6) is 0 Å². The summed E-state index contributed by atoms with van der Waals surface area (Å²) >= 11 is 0. The topological polar surface area (TPSA) is 35.8 Å². The van der Waals surface area contributed by atoms with Gasteiger partial charge in [0.25, 0.3) is 0 Å². The van der Waals surface area contributed by atoms with E-state index in [1.807, 2.05) is 19.9 Å². The molecule has 0 aliphatic heterocycles. The first kappa shape index (κ1) is 10.5. The molecule has 0 aromatic heterocycles. The van der Waals surface area contributed by atoms with Crippen molar-refractivity contribution in [1.29, 1.82) is 5.26 Å². The van der Waals surface area contributed by atoms with E-state index < -0.39 is 0 Å². The number of rotatable bonds is 3. The van der Waals surface area contributed by atoms with E-state index in [-0.39, 0.29) is 11.9 Å². The van der Waals surface area contributed by atoms with Gasteiger partial charge in [0, 0.05) is 11.7 Å². The monoisotopic (exact) mass is 192 g/mol. The molecule has 1 aromatic rings. The molecule has 1 rings (SSSR count). The molecule has 1 N–H and O–H groups in total. The minimum Gasteiger partial charge on any atom is -0.381 e. The van der Waals surface area contributed by atoms with Crippen molar-refractivity contribution in [3.63, 3.8) is 0 Å². The zero-order chi connectivity index (χ0) is 10.6. The van der Waals surface area contributed by atoms with E-state index in [1.165, 1.54) is 12.1 Å². The number of anilines is 1. The summed E-state index contributed by atoms with van der Waals surface area (Å²) in [5, 5.41) is 11.5. The molecule has 0 amide bonds. The molecule has 1 aromatic carbocycles. The Labute approximate surface area is 83.4 Å². The van der Waals surface area contributed by atoms with Gasteiger partial charge in [-0.05, 0) is 37.6 Å². The third kappa shape index (κ3) is 3.06. The normalized spacial score (nSPS) is 11.9. The fourth-order valence-corrected chi connectivity index (χ4v) is 1.29. The Morgan fingerprint density at radius 2 is 2.21 bits per heavy atom. The van der Waals surface area contributed by atoms with Crippen molar-refractivity contribution >= 4 is 5.69 Å². The van der Waals surface area contributed by atoms with Gasteiger partial charge in [0.2, 0.25) is 0 Å².